The van der Waals surface area contributed by atoms with Crippen LogP contribution in [0.25, 0.3) is 10.4 Å². The van der Waals surface area contributed by atoms with Gasteiger partial charge in [-0.25, -0.2) is 0 Å². The summed E-state index contributed by atoms with van der Waals surface area (Å²) in [7, 11) is 0. The van der Waals surface area contributed by atoms with Crippen LogP contribution in [0.4, 0.5) is 5.69 Å². The van der Waals surface area contributed by atoms with Crippen LogP contribution in [0.5, 0.6) is 0 Å². The first-order valence-corrected chi connectivity index (χ1v) is 3.41. The Morgan fingerprint density at radius 2 is 2.25 bits per heavy atom. The van der Waals surface area contributed by atoms with Crippen molar-refractivity contribution in [3.05, 3.63) is 39.7 Å². The first-order valence-electron chi connectivity index (χ1n) is 3.03. The maximum Gasteiger partial charge on any atom is 0.113 e. The summed E-state index contributed by atoms with van der Waals surface area (Å²) in [6, 6.07) is 6.75. The molecule has 0 spiro atoms. The first-order chi connectivity index (χ1) is 5.83. The van der Waals surface area contributed by atoms with Crippen molar-refractivity contribution in [3.63, 3.8) is 0 Å². The third-order valence-electron chi connectivity index (χ3n) is 1.05. The van der Waals surface area contributed by atoms with Gasteiger partial charge in [-0.2, -0.15) is 4.91 Å². The van der Waals surface area contributed by atoms with E-state index >= 15 is 0 Å². The molecular weight excluding hydrogens is 178 g/mol. The Bertz CT molecular complexity index is 342. The van der Waals surface area contributed by atoms with E-state index in [4.69, 9.17) is 17.1 Å². The summed E-state index contributed by atoms with van der Waals surface area (Å²) in [4.78, 5) is 2.40. The highest BCUT2D eigenvalue weighted by molar-refractivity contribution is 6.30. The van der Waals surface area contributed by atoms with E-state index in [9.17, 15) is 0 Å². The SMILES string of the molecule is [N-]=[N+]=NN=Nc1cccc(Cl)c1. The largest absolute Gasteiger partial charge is 0.163 e. The monoisotopic (exact) mass is 181 g/mol. The molecule has 1 aromatic carbocycles. The fourth-order valence-electron chi connectivity index (χ4n) is 0.628. The van der Waals surface area contributed by atoms with Crippen LogP contribution in [0.1, 0.15) is 0 Å². The first kappa shape index (κ1) is 8.52. The lowest BCUT2D eigenvalue weighted by molar-refractivity contribution is 1.04. The van der Waals surface area contributed by atoms with Crippen LogP contribution in [0.3, 0.4) is 0 Å². The lowest BCUT2D eigenvalue weighted by atomic mass is 10.3. The summed E-state index contributed by atoms with van der Waals surface area (Å²) < 4.78 is 0. The zero-order valence-electron chi connectivity index (χ0n) is 5.92. The van der Waals surface area contributed by atoms with Crippen LogP contribution >= 0.6 is 11.6 Å². The Morgan fingerprint density at radius 3 is 2.92 bits per heavy atom. The number of nitrogens with zero attached hydrogens (tertiary/aromatic N) is 5. The molecule has 0 unspecified atom stereocenters. The molecule has 1 rings (SSSR count). The molecule has 60 valence electrons. The van der Waals surface area contributed by atoms with E-state index in [1.807, 2.05) is 0 Å². The molecule has 0 heterocycles. The molecule has 0 aliphatic heterocycles. The van der Waals surface area contributed by atoms with E-state index < -0.39 is 0 Å². The topological polar surface area (TPSA) is 73.5 Å². The Morgan fingerprint density at radius 1 is 1.42 bits per heavy atom. The van der Waals surface area contributed by atoms with Gasteiger partial charge in [0.2, 0.25) is 0 Å². The number of azide groups is 1. The minimum atomic E-state index is 0.551. The van der Waals surface area contributed by atoms with Gasteiger partial charge < -0.3 is 0 Å². The molecule has 0 aliphatic rings. The molecule has 0 amide bonds. The molecule has 0 aromatic heterocycles. The maximum absolute atomic E-state index is 7.88. The maximum atomic E-state index is 7.88. The van der Waals surface area contributed by atoms with Gasteiger partial charge in [-0.3, -0.25) is 0 Å². The molecule has 1 aromatic rings. The lowest BCUT2D eigenvalue weighted by Gasteiger charge is -1.87. The summed E-state index contributed by atoms with van der Waals surface area (Å²) in [5.41, 5.74) is 8.43. The fourth-order valence-corrected chi connectivity index (χ4v) is 0.812. The van der Waals surface area contributed by atoms with Crippen molar-refractivity contribution in [2.45, 2.75) is 0 Å². The van der Waals surface area contributed by atoms with Gasteiger partial charge in [0, 0.05) is 5.02 Å². The van der Waals surface area contributed by atoms with Crippen molar-refractivity contribution < 1.29 is 0 Å². The van der Waals surface area contributed by atoms with Crippen molar-refractivity contribution >= 4 is 17.3 Å². The highest BCUT2D eigenvalue weighted by atomic mass is 35.5. The molecular formula is C6H4ClN5. The predicted molar refractivity (Wildman–Crippen MR) is 45.1 cm³/mol. The molecule has 0 saturated heterocycles. The third-order valence-corrected chi connectivity index (χ3v) is 1.28. The summed E-state index contributed by atoms with van der Waals surface area (Å²) in [6.07, 6.45) is 0. The van der Waals surface area contributed by atoms with Crippen molar-refractivity contribution in [3.8, 4) is 0 Å². The Labute approximate surface area is 73.3 Å². The molecule has 0 radical (unpaired) electrons. The molecule has 0 bridgehead atoms. The van der Waals surface area contributed by atoms with Gasteiger partial charge in [0.15, 0.2) is 0 Å². The number of hydrogen-bond donors (Lipinski definition) is 0. The Balaban J connectivity index is 2.82. The number of rotatable bonds is 2. The van der Waals surface area contributed by atoms with Crippen molar-refractivity contribution in [1.82, 2.24) is 0 Å². The van der Waals surface area contributed by atoms with Crippen LogP contribution in [-0.4, -0.2) is 0 Å². The Kier molecular flexibility index (Phi) is 3.07. The predicted octanol–water partition coefficient (Wildman–Crippen LogP) is 3.65. The standard InChI is InChI=1S/C6H4ClN5/c7-5-2-1-3-6(4-5)9-11-12-10-8/h1-4H. The van der Waals surface area contributed by atoms with Crippen LogP contribution in [0, 0.1) is 0 Å². The number of benzene rings is 1. The summed E-state index contributed by atoms with van der Waals surface area (Å²) in [5.74, 6) is 0. The second-order valence-corrected chi connectivity index (χ2v) is 2.28. The fraction of sp³-hybridized carbons (Fsp3) is 0. The molecule has 5 nitrogen and oxygen atoms in total. The second kappa shape index (κ2) is 4.33. The van der Waals surface area contributed by atoms with Crippen molar-refractivity contribution in [1.29, 1.82) is 0 Å². The molecule has 12 heavy (non-hydrogen) atoms. The third kappa shape index (κ3) is 2.57. The minimum absolute atomic E-state index is 0.551. The van der Waals surface area contributed by atoms with Crippen LogP contribution < -0.4 is 0 Å². The van der Waals surface area contributed by atoms with Gasteiger partial charge in [0.25, 0.3) is 0 Å². The van der Waals surface area contributed by atoms with Gasteiger partial charge in [-0.15, -0.1) is 5.53 Å². The van der Waals surface area contributed by atoms with Crippen LogP contribution in [0.15, 0.2) is 39.8 Å². The van der Waals surface area contributed by atoms with E-state index in [2.05, 4.69) is 20.5 Å². The van der Waals surface area contributed by atoms with E-state index in [0.717, 1.165) is 0 Å². The van der Waals surface area contributed by atoms with Crippen LogP contribution in [0.2, 0.25) is 5.02 Å². The quantitative estimate of drug-likeness (QED) is 0.289. The highest BCUT2D eigenvalue weighted by Gasteiger charge is 1.91. The smallest absolute Gasteiger partial charge is 0.113 e. The van der Waals surface area contributed by atoms with Crippen LogP contribution in [-0.2, 0) is 0 Å². The number of hydrogen-bond acceptors (Lipinski definition) is 1. The molecule has 0 saturated carbocycles. The Hall–Kier alpha value is -1.58. The molecule has 0 aliphatic carbocycles. The normalized spacial score (nSPS) is 9.75. The molecule has 0 N–H and O–H groups in total. The molecule has 0 atom stereocenters. The highest BCUT2D eigenvalue weighted by Crippen LogP contribution is 2.17. The zero-order chi connectivity index (χ0) is 8.81. The van der Waals surface area contributed by atoms with E-state index in [-0.39, 0.29) is 0 Å². The van der Waals surface area contributed by atoms with Gasteiger partial charge in [-0.05, 0) is 23.3 Å². The van der Waals surface area contributed by atoms with E-state index in [1.165, 1.54) is 0 Å². The van der Waals surface area contributed by atoms with Gasteiger partial charge in [0.1, 0.15) is 10.9 Å². The van der Waals surface area contributed by atoms with Crippen molar-refractivity contribution in [2.75, 3.05) is 0 Å². The summed E-state index contributed by atoms with van der Waals surface area (Å²) >= 11 is 5.65. The zero-order valence-corrected chi connectivity index (χ0v) is 6.68. The molecule has 0 fully saturated rings. The molecule has 6 heteroatoms. The minimum Gasteiger partial charge on any atom is -0.163 e. The summed E-state index contributed by atoms with van der Waals surface area (Å²) in [6.45, 7) is 0. The summed E-state index contributed by atoms with van der Waals surface area (Å²) in [5, 5.41) is 10.2. The van der Waals surface area contributed by atoms with Crippen molar-refractivity contribution in [2.24, 2.45) is 15.6 Å². The van der Waals surface area contributed by atoms with E-state index in [1.54, 1.807) is 24.3 Å². The average molecular weight is 182 g/mol. The van der Waals surface area contributed by atoms with Gasteiger partial charge >= 0.3 is 0 Å². The van der Waals surface area contributed by atoms with Gasteiger partial charge in [0.05, 0.1) is 5.22 Å². The van der Waals surface area contributed by atoms with Gasteiger partial charge in [-0.1, -0.05) is 17.7 Å². The van der Waals surface area contributed by atoms with E-state index in [0.29, 0.717) is 10.7 Å². The lowest BCUT2D eigenvalue weighted by Crippen LogP contribution is -1.62. The number of halogens is 1. The second-order valence-electron chi connectivity index (χ2n) is 1.85. The average Bonchev–Trinajstić information content (AvgIpc) is 2.05.